The van der Waals surface area contributed by atoms with E-state index in [1.54, 1.807) is 13.0 Å². The molecule has 1 unspecified atom stereocenters. The van der Waals surface area contributed by atoms with Gasteiger partial charge in [-0.2, -0.15) is 0 Å². The number of hydrogen-bond acceptors (Lipinski definition) is 3. The summed E-state index contributed by atoms with van der Waals surface area (Å²) in [6.45, 7) is 1.71. The Kier molecular flexibility index (Phi) is 5.32. The molecule has 0 saturated heterocycles. The van der Waals surface area contributed by atoms with E-state index >= 15 is 0 Å². The molecular weight excluding hydrogens is 314 g/mol. The highest BCUT2D eigenvalue weighted by Gasteiger charge is 2.16. The average Bonchev–Trinajstić information content (AvgIpc) is 2.65. The van der Waals surface area contributed by atoms with Crippen molar-refractivity contribution >= 4 is 11.6 Å². The first-order valence-corrected chi connectivity index (χ1v) is 8.07. The highest BCUT2D eigenvalue weighted by atomic mass is 16.5. The summed E-state index contributed by atoms with van der Waals surface area (Å²) in [5.41, 5.74) is 0.597. The van der Waals surface area contributed by atoms with E-state index in [1.165, 1.54) is 0 Å². The third-order valence-corrected chi connectivity index (χ3v) is 3.54. The second kappa shape index (κ2) is 8.02. The zero-order chi connectivity index (χ0) is 17.5. The van der Waals surface area contributed by atoms with Crippen LogP contribution in [-0.4, -0.2) is 12.0 Å². The molecule has 0 aliphatic carbocycles. The third kappa shape index (κ3) is 4.61. The molecule has 4 nitrogen and oxygen atoms in total. The summed E-state index contributed by atoms with van der Waals surface area (Å²) in [5, 5.41) is 2.86. The number of ether oxygens (including phenoxy) is 2. The van der Waals surface area contributed by atoms with Crippen molar-refractivity contribution in [3.63, 3.8) is 0 Å². The zero-order valence-electron chi connectivity index (χ0n) is 13.9. The van der Waals surface area contributed by atoms with Crippen molar-refractivity contribution in [1.82, 2.24) is 0 Å². The number of rotatable bonds is 6. The van der Waals surface area contributed by atoms with E-state index in [-0.39, 0.29) is 5.91 Å². The van der Waals surface area contributed by atoms with Crippen LogP contribution in [0.25, 0.3) is 0 Å². The minimum atomic E-state index is -0.632. The van der Waals surface area contributed by atoms with Gasteiger partial charge in [0.15, 0.2) is 11.9 Å². The number of carbonyl (C=O) groups excluding carboxylic acids is 1. The fraction of sp³-hybridized carbons (Fsp3) is 0.0952. The molecule has 0 radical (unpaired) electrons. The van der Waals surface area contributed by atoms with Crippen molar-refractivity contribution in [2.75, 3.05) is 5.32 Å². The van der Waals surface area contributed by atoms with Gasteiger partial charge in [0.1, 0.15) is 11.5 Å². The zero-order valence-corrected chi connectivity index (χ0v) is 13.9. The van der Waals surface area contributed by atoms with Crippen LogP contribution in [0, 0.1) is 0 Å². The molecule has 4 heteroatoms. The predicted molar refractivity (Wildman–Crippen MR) is 98.1 cm³/mol. The molecule has 0 spiro atoms. The maximum Gasteiger partial charge on any atom is 0.265 e. The van der Waals surface area contributed by atoms with Gasteiger partial charge in [-0.05, 0) is 43.3 Å². The lowest BCUT2D eigenvalue weighted by molar-refractivity contribution is -0.122. The Morgan fingerprint density at radius 3 is 2.04 bits per heavy atom. The van der Waals surface area contributed by atoms with Crippen molar-refractivity contribution in [3.05, 3.63) is 84.9 Å². The maximum atomic E-state index is 12.4. The van der Waals surface area contributed by atoms with Gasteiger partial charge < -0.3 is 14.8 Å². The summed E-state index contributed by atoms with van der Waals surface area (Å²) < 4.78 is 11.5. The molecule has 0 heterocycles. The van der Waals surface area contributed by atoms with Crippen molar-refractivity contribution in [1.29, 1.82) is 0 Å². The number of para-hydroxylation sites is 4. The Morgan fingerprint density at radius 1 is 0.800 bits per heavy atom. The Morgan fingerprint density at radius 2 is 1.36 bits per heavy atom. The van der Waals surface area contributed by atoms with Crippen molar-refractivity contribution in [3.8, 4) is 17.2 Å². The van der Waals surface area contributed by atoms with Gasteiger partial charge in [0, 0.05) is 0 Å². The van der Waals surface area contributed by atoms with E-state index in [9.17, 15) is 4.79 Å². The topological polar surface area (TPSA) is 47.6 Å². The third-order valence-electron chi connectivity index (χ3n) is 3.54. The number of hydrogen-bond donors (Lipinski definition) is 1. The quantitative estimate of drug-likeness (QED) is 0.699. The fourth-order valence-corrected chi connectivity index (χ4v) is 2.27. The Bertz CT molecular complexity index is 819. The van der Waals surface area contributed by atoms with Gasteiger partial charge in [-0.1, -0.05) is 48.5 Å². The Labute approximate surface area is 147 Å². The minimum Gasteiger partial charge on any atom is -0.481 e. The lowest BCUT2D eigenvalue weighted by atomic mass is 10.2. The molecule has 0 aliphatic heterocycles. The lowest BCUT2D eigenvalue weighted by Gasteiger charge is -2.16. The molecule has 126 valence electrons. The summed E-state index contributed by atoms with van der Waals surface area (Å²) >= 11 is 0. The standard InChI is InChI=1S/C21H19NO3/c1-16(24-17-10-4-2-5-11-17)21(23)22-19-14-8-9-15-20(19)25-18-12-6-3-7-13-18/h2-16H,1H3,(H,22,23). The van der Waals surface area contributed by atoms with E-state index in [0.717, 1.165) is 0 Å². The number of benzene rings is 3. The monoisotopic (exact) mass is 333 g/mol. The van der Waals surface area contributed by atoms with Crippen molar-refractivity contribution < 1.29 is 14.3 Å². The molecule has 1 N–H and O–H groups in total. The van der Waals surface area contributed by atoms with Gasteiger partial charge in [0.25, 0.3) is 5.91 Å². The van der Waals surface area contributed by atoms with Crippen LogP contribution in [0.15, 0.2) is 84.9 Å². The highest BCUT2D eigenvalue weighted by molar-refractivity contribution is 5.95. The van der Waals surface area contributed by atoms with Crippen molar-refractivity contribution in [2.24, 2.45) is 0 Å². The van der Waals surface area contributed by atoms with E-state index in [4.69, 9.17) is 9.47 Å². The second-order valence-corrected chi connectivity index (χ2v) is 5.47. The molecule has 3 aromatic carbocycles. The lowest BCUT2D eigenvalue weighted by Crippen LogP contribution is -2.30. The predicted octanol–water partition coefficient (Wildman–Crippen LogP) is 4.88. The van der Waals surface area contributed by atoms with Gasteiger partial charge in [-0.25, -0.2) is 0 Å². The summed E-state index contributed by atoms with van der Waals surface area (Å²) in [4.78, 5) is 12.4. The normalized spacial score (nSPS) is 11.4. The van der Waals surface area contributed by atoms with Gasteiger partial charge >= 0.3 is 0 Å². The highest BCUT2D eigenvalue weighted by Crippen LogP contribution is 2.29. The molecule has 3 aromatic rings. The molecule has 1 amide bonds. The largest absolute Gasteiger partial charge is 0.481 e. The molecule has 0 bridgehead atoms. The van der Waals surface area contributed by atoms with E-state index in [1.807, 2.05) is 78.9 Å². The fourth-order valence-electron chi connectivity index (χ4n) is 2.27. The van der Waals surface area contributed by atoms with E-state index < -0.39 is 6.10 Å². The number of nitrogens with one attached hydrogen (secondary N) is 1. The van der Waals surface area contributed by atoms with Crippen LogP contribution in [0.1, 0.15) is 6.92 Å². The number of anilines is 1. The van der Waals surface area contributed by atoms with Crippen molar-refractivity contribution in [2.45, 2.75) is 13.0 Å². The Hall–Kier alpha value is -3.27. The smallest absolute Gasteiger partial charge is 0.265 e. The van der Waals surface area contributed by atoms with Crippen LogP contribution in [0.5, 0.6) is 17.2 Å². The van der Waals surface area contributed by atoms with Crippen LogP contribution < -0.4 is 14.8 Å². The molecular formula is C21H19NO3. The van der Waals surface area contributed by atoms with E-state index in [0.29, 0.717) is 22.9 Å². The second-order valence-electron chi connectivity index (χ2n) is 5.47. The summed E-state index contributed by atoms with van der Waals surface area (Å²) in [7, 11) is 0. The molecule has 0 aromatic heterocycles. The first-order valence-electron chi connectivity index (χ1n) is 8.07. The molecule has 0 aliphatic rings. The molecule has 0 fully saturated rings. The van der Waals surface area contributed by atoms with Crippen LogP contribution >= 0.6 is 0 Å². The maximum absolute atomic E-state index is 12.4. The van der Waals surface area contributed by atoms with E-state index in [2.05, 4.69) is 5.32 Å². The van der Waals surface area contributed by atoms with Gasteiger partial charge in [0.05, 0.1) is 5.69 Å². The van der Waals surface area contributed by atoms with Gasteiger partial charge in [-0.3, -0.25) is 4.79 Å². The Balaban J connectivity index is 1.69. The minimum absolute atomic E-state index is 0.243. The molecule has 0 saturated carbocycles. The summed E-state index contributed by atoms with van der Waals surface area (Å²) in [6, 6.07) is 26.0. The van der Waals surface area contributed by atoms with Crippen LogP contribution in [0.2, 0.25) is 0 Å². The number of amides is 1. The van der Waals surface area contributed by atoms with Crippen LogP contribution in [0.3, 0.4) is 0 Å². The van der Waals surface area contributed by atoms with Crippen LogP contribution in [0.4, 0.5) is 5.69 Å². The first-order chi connectivity index (χ1) is 12.2. The van der Waals surface area contributed by atoms with Crippen LogP contribution in [-0.2, 0) is 4.79 Å². The summed E-state index contributed by atoms with van der Waals surface area (Å²) in [5.74, 6) is 1.69. The molecule has 25 heavy (non-hydrogen) atoms. The van der Waals surface area contributed by atoms with Gasteiger partial charge in [-0.15, -0.1) is 0 Å². The number of carbonyl (C=O) groups is 1. The summed E-state index contributed by atoms with van der Waals surface area (Å²) in [6.07, 6.45) is -0.632. The first kappa shape index (κ1) is 16.6. The SMILES string of the molecule is CC(Oc1ccccc1)C(=O)Nc1ccccc1Oc1ccccc1. The molecule has 3 rings (SSSR count). The molecule has 1 atom stereocenters. The van der Waals surface area contributed by atoms with Gasteiger partial charge in [0.2, 0.25) is 0 Å². The average molecular weight is 333 g/mol.